The number of hydrogen-bond donors (Lipinski definition) is 2. The molecule has 0 aliphatic carbocycles. The summed E-state index contributed by atoms with van der Waals surface area (Å²) in [5, 5.41) is 8.88. The second-order valence-electron chi connectivity index (χ2n) is 3.91. The lowest BCUT2D eigenvalue weighted by molar-refractivity contribution is 0.0778. The first-order valence-electron chi connectivity index (χ1n) is 4.03. The molecule has 3 N–H and O–H groups in total. The summed E-state index contributed by atoms with van der Waals surface area (Å²) in [6.07, 6.45) is -0.916. The first-order chi connectivity index (χ1) is 5.30. The van der Waals surface area contributed by atoms with Gasteiger partial charge in [-0.15, -0.1) is 12.4 Å². The van der Waals surface area contributed by atoms with Gasteiger partial charge in [-0.3, -0.25) is 4.90 Å². The lowest BCUT2D eigenvalue weighted by Gasteiger charge is -2.37. The summed E-state index contributed by atoms with van der Waals surface area (Å²) in [6, 6.07) is -0.137. The standard InChI is InChI=1S/C8H18N2O2.ClH/c1-6(5-9)10(7(11)12)8(2,3)4;/h6H,5,9H2,1-4H3,(H,11,12);1H/t6-;/m0./s1. The quantitative estimate of drug-likeness (QED) is 0.727. The number of carbonyl (C=O) groups is 1. The molecule has 0 aliphatic rings. The van der Waals surface area contributed by atoms with E-state index in [1.807, 2.05) is 20.8 Å². The van der Waals surface area contributed by atoms with E-state index in [4.69, 9.17) is 10.8 Å². The van der Waals surface area contributed by atoms with Gasteiger partial charge < -0.3 is 10.8 Å². The van der Waals surface area contributed by atoms with Crippen LogP contribution in [0, 0.1) is 0 Å². The fraction of sp³-hybridized carbons (Fsp3) is 0.875. The number of hydrogen-bond acceptors (Lipinski definition) is 2. The van der Waals surface area contributed by atoms with Gasteiger partial charge in [0.25, 0.3) is 0 Å². The summed E-state index contributed by atoms with van der Waals surface area (Å²) in [7, 11) is 0. The summed E-state index contributed by atoms with van der Waals surface area (Å²) in [5.74, 6) is 0. The fourth-order valence-corrected chi connectivity index (χ4v) is 1.24. The summed E-state index contributed by atoms with van der Waals surface area (Å²) in [5.41, 5.74) is 5.02. The highest BCUT2D eigenvalue weighted by atomic mass is 35.5. The topological polar surface area (TPSA) is 66.6 Å². The van der Waals surface area contributed by atoms with E-state index in [0.717, 1.165) is 0 Å². The Hall–Kier alpha value is -0.480. The van der Waals surface area contributed by atoms with Gasteiger partial charge in [0.15, 0.2) is 0 Å². The Bertz CT molecular complexity index is 168. The highest BCUT2D eigenvalue weighted by molar-refractivity contribution is 5.85. The fourth-order valence-electron chi connectivity index (χ4n) is 1.24. The predicted octanol–water partition coefficient (Wildman–Crippen LogP) is 1.53. The second kappa shape index (κ2) is 5.29. The first kappa shape index (κ1) is 15.0. The van der Waals surface area contributed by atoms with Gasteiger partial charge in [0.2, 0.25) is 0 Å². The third-order valence-electron chi connectivity index (χ3n) is 1.71. The maximum absolute atomic E-state index is 10.8. The summed E-state index contributed by atoms with van der Waals surface area (Å²) < 4.78 is 0. The van der Waals surface area contributed by atoms with Gasteiger partial charge >= 0.3 is 6.09 Å². The third-order valence-corrected chi connectivity index (χ3v) is 1.71. The van der Waals surface area contributed by atoms with Crippen LogP contribution in [0.2, 0.25) is 0 Å². The van der Waals surface area contributed by atoms with Gasteiger partial charge in [0, 0.05) is 18.1 Å². The van der Waals surface area contributed by atoms with Crippen LogP contribution in [0.25, 0.3) is 0 Å². The van der Waals surface area contributed by atoms with Gasteiger partial charge in [-0.25, -0.2) is 4.79 Å². The molecule has 0 unspecified atom stereocenters. The van der Waals surface area contributed by atoms with E-state index in [0.29, 0.717) is 6.54 Å². The molecule has 13 heavy (non-hydrogen) atoms. The van der Waals surface area contributed by atoms with Crippen LogP contribution in [0.3, 0.4) is 0 Å². The molecule has 0 radical (unpaired) electrons. The van der Waals surface area contributed by atoms with Crippen molar-refractivity contribution in [3.63, 3.8) is 0 Å². The van der Waals surface area contributed by atoms with Crippen molar-refractivity contribution in [2.45, 2.75) is 39.3 Å². The highest BCUT2D eigenvalue weighted by Gasteiger charge is 2.29. The average Bonchev–Trinajstić information content (AvgIpc) is 1.83. The summed E-state index contributed by atoms with van der Waals surface area (Å²) in [4.78, 5) is 12.2. The van der Waals surface area contributed by atoms with Gasteiger partial charge in [0.1, 0.15) is 0 Å². The van der Waals surface area contributed by atoms with Crippen molar-refractivity contribution in [3.05, 3.63) is 0 Å². The van der Waals surface area contributed by atoms with E-state index < -0.39 is 6.09 Å². The van der Waals surface area contributed by atoms with E-state index in [9.17, 15) is 4.79 Å². The maximum Gasteiger partial charge on any atom is 0.408 e. The number of halogens is 1. The van der Waals surface area contributed by atoms with E-state index >= 15 is 0 Å². The number of carboxylic acid groups (broad SMARTS) is 1. The van der Waals surface area contributed by atoms with Crippen LogP contribution in [0.5, 0.6) is 0 Å². The van der Waals surface area contributed by atoms with Crippen molar-refractivity contribution in [1.29, 1.82) is 0 Å². The SMILES string of the molecule is C[C@@H](CN)N(C(=O)O)C(C)(C)C.Cl. The van der Waals surface area contributed by atoms with Crippen LogP contribution in [0.15, 0.2) is 0 Å². The van der Waals surface area contributed by atoms with Crippen molar-refractivity contribution in [3.8, 4) is 0 Å². The number of nitrogens with zero attached hydrogens (tertiary/aromatic N) is 1. The molecule has 0 heterocycles. The van der Waals surface area contributed by atoms with Crippen LogP contribution in [0.4, 0.5) is 4.79 Å². The van der Waals surface area contributed by atoms with Gasteiger partial charge in [-0.2, -0.15) is 0 Å². The smallest absolute Gasteiger partial charge is 0.408 e. The van der Waals surface area contributed by atoms with E-state index in [1.165, 1.54) is 4.90 Å². The van der Waals surface area contributed by atoms with Crippen LogP contribution < -0.4 is 5.73 Å². The molecule has 0 saturated carbocycles. The van der Waals surface area contributed by atoms with Crippen LogP contribution in [0.1, 0.15) is 27.7 Å². The van der Waals surface area contributed by atoms with Crippen molar-refractivity contribution in [2.24, 2.45) is 5.73 Å². The molecular weight excluding hydrogens is 192 g/mol. The lowest BCUT2D eigenvalue weighted by Crippen LogP contribution is -2.52. The molecule has 0 fully saturated rings. The Morgan fingerprint density at radius 1 is 1.54 bits per heavy atom. The molecule has 0 aliphatic heterocycles. The maximum atomic E-state index is 10.8. The Labute approximate surface area is 85.5 Å². The molecule has 0 spiro atoms. The van der Waals surface area contributed by atoms with Crippen LogP contribution >= 0.6 is 12.4 Å². The molecule has 0 aromatic heterocycles. The second-order valence-corrected chi connectivity index (χ2v) is 3.91. The van der Waals surface area contributed by atoms with Crippen molar-refractivity contribution >= 4 is 18.5 Å². The molecule has 1 amide bonds. The Kier molecular flexibility index (Phi) is 6.11. The number of amides is 1. The van der Waals surface area contributed by atoms with Crippen LogP contribution in [-0.2, 0) is 0 Å². The predicted molar refractivity (Wildman–Crippen MR) is 55.4 cm³/mol. The van der Waals surface area contributed by atoms with Gasteiger partial charge in [-0.05, 0) is 27.7 Å². The molecule has 80 valence electrons. The normalized spacial score (nSPS) is 13.0. The van der Waals surface area contributed by atoms with E-state index in [2.05, 4.69) is 0 Å². The minimum atomic E-state index is -0.916. The lowest BCUT2D eigenvalue weighted by atomic mass is 10.0. The molecule has 4 nitrogen and oxygen atoms in total. The number of nitrogens with two attached hydrogens (primary N) is 1. The van der Waals surface area contributed by atoms with Crippen molar-refractivity contribution in [2.75, 3.05) is 6.54 Å². The molecule has 0 saturated heterocycles. The zero-order valence-electron chi connectivity index (χ0n) is 8.57. The van der Waals surface area contributed by atoms with Crippen molar-refractivity contribution < 1.29 is 9.90 Å². The Morgan fingerprint density at radius 2 is 1.92 bits per heavy atom. The van der Waals surface area contributed by atoms with E-state index in [-0.39, 0.29) is 24.0 Å². The molecule has 5 heteroatoms. The zero-order valence-corrected chi connectivity index (χ0v) is 9.39. The van der Waals surface area contributed by atoms with Crippen LogP contribution in [-0.4, -0.2) is 34.2 Å². The molecule has 1 atom stereocenters. The van der Waals surface area contributed by atoms with E-state index in [1.54, 1.807) is 6.92 Å². The molecular formula is C8H19ClN2O2. The molecule has 0 aromatic carbocycles. The Balaban J connectivity index is 0. The number of rotatable bonds is 2. The third kappa shape index (κ3) is 4.33. The van der Waals surface area contributed by atoms with Gasteiger partial charge in [0.05, 0.1) is 0 Å². The highest BCUT2D eigenvalue weighted by Crippen LogP contribution is 2.16. The minimum absolute atomic E-state index is 0. The summed E-state index contributed by atoms with van der Waals surface area (Å²) in [6.45, 7) is 7.72. The zero-order chi connectivity index (χ0) is 9.94. The minimum Gasteiger partial charge on any atom is -0.465 e. The molecule has 0 rings (SSSR count). The molecule has 0 bridgehead atoms. The Morgan fingerprint density at radius 3 is 2.00 bits per heavy atom. The molecule has 0 aromatic rings. The monoisotopic (exact) mass is 210 g/mol. The average molecular weight is 211 g/mol. The summed E-state index contributed by atoms with van der Waals surface area (Å²) >= 11 is 0. The van der Waals surface area contributed by atoms with Crippen molar-refractivity contribution in [1.82, 2.24) is 4.90 Å². The largest absolute Gasteiger partial charge is 0.465 e. The van der Waals surface area contributed by atoms with Gasteiger partial charge in [-0.1, -0.05) is 0 Å². The first-order valence-corrected chi connectivity index (χ1v) is 4.03.